The fraction of sp³-hybridized carbons (Fsp3) is 0.379. The van der Waals surface area contributed by atoms with Crippen LogP contribution in [0.5, 0.6) is 0 Å². The Balaban J connectivity index is 1.72. The third-order valence-corrected chi connectivity index (χ3v) is 6.55. The Hall–Kier alpha value is -2.59. The largest absolute Gasteiger partial charge is 0.368 e. The van der Waals surface area contributed by atoms with Crippen molar-refractivity contribution < 1.29 is 31.5 Å². The van der Waals surface area contributed by atoms with Crippen LogP contribution < -0.4 is 0 Å². The molecular weight excluding hydrogens is 492 g/mol. The predicted molar refractivity (Wildman–Crippen MR) is 140 cm³/mol. The molecule has 4 rings (SSSR count). The van der Waals surface area contributed by atoms with Crippen LogP contribution in [0, 0.1) is 0 Å². The molecule has 0 aliphatic carbocycles. The average Bonchev–Trinajstić information content (AvgIpc) is 3.25. The molecule has 0 spiro atoms. The van der Waals surface area contributed by atoms with E-state index in [4.69, 9.17) is 23.1 Å². The van der Waals surface area contributed by atoms with Gasteiger partial charge in [0.1, 0.15) is 24.4 Å². The molecular formula is C29H34O7S. The molecule has 1 heterocycles. The van der Waals surface area contributed by atoms with Gasteiger partial charge in [-0.3, -0.25) is 4.18 Å². The molecule has 4 atom stereocenters. The van der Waals surface area contributed by atoms with Gasteiger partial charge in [-0.2, -0.15) is 8.42 Å². The number of ether oxygens (including phenoxy) is 4. The third kappa shape index (κ3) is 8.20. The van der Waals surface area contributed by atoms with Crippen molar-refractivity contribution in [3.8, 4) is 0 Å². The monoisotopic (exact) mass is 526 g/mol. The number of hydrogen-bond donors (Lipinski definition) is 0. The Bertz CT molecular complexity index is 1200. The van der Waals surface area contributed by atoms with E-state index in [9.17, 15) is 8.42 Å². The second-order valence-corrected chi connectivity index (χ2v) is 11.1. The first kappa shape index (κ1) is 27.4. The van der Waals surface area contributed by atoms with Gasteiger partial charge in [-0.05, 0) is 30.5 Å². The van der Waals surface area contributed by atoms with Gasteiger partial charge in [-0.15, -0.1) is 0 Å². The first-order chi connectivity index (χ1) is 17.7. The van der Waals surface area contributed by atoms with Crippen LogP contribution in [0.3, 0.4) is 0 Å². The lowest BCUT2D eigenvalue weighted by Crippen LogP contribution is -2.47. The quantitative estimate of drug-likeness (QED) is 0.306. The standard InChI is InChI=1S/C29H34O7S/c1-29(2)34-21-25(35-29)27(32-19-22-13-7-4-8-14-22)28(33-20-23-15-9-5-10-16-23)26(36-37(3,30)31)24-17-11-6-12-18-24/h4-18,25-28H,19-21H2,1-3H3/t25-,26-,27-,28-/m1/s1. The lowest BCUT2D eigenvalue weighted by molar-refractivity contribution is -0.192. The van der Waals surface area contributed by atoms with E-state index in [0.29, 0.717) is 5.56 Å². The highest BCUT2D eigenvalue weighted by molar-refractivity contribution is 7.86. The molecule has 1 saturated heterocycles. The molecule has 0 unspecified atom stereocenters. The molecule has 0 bridgehead atoms. The van der Waals surface area contributed by atoms with E-state index < -0.39 is 40.3 Å². The van der Waals surface area contributed by atoms with Crippen LogP contribution in [-0.2, 0) is 46.5 Å². The van der Waals surface area contributed by atoms with Crippen molar-refractivity contribution in [3.05, 3.63) is 108 Å². The minimum atomic E-state index is -3.85. The smallest absolute Gasteiger partial charge is 0.265 e. The van der Waals surface area contributed by atoms with Crippen LogP contribution in [0.15, 0.2) is 91.0 Å². The molecule has 0 saturated carbocycles. The summed E-state index contributed by atoms with van der Waals surface area (Å²) in [4.78, 5) is 0. The molecule has 1 aliphatic rings. The average molecular weight is 527 g/mol. The maximum atomic E-state index is 12.4. The summed E-state index contributed by atoms with van der Waals surface area (Å²) in [6, 6.07) is 28.6. The van der Waals surface area contributed by atoms with Crippen molar-refractivity contribution in [1.82, 2.24) is 0 Å². The van der Waals surface area contributed by atoms with Crippen LogP contribution in [0.25, 0.3) is 0 Å². The molecule has 3 aromatic rings. The van der Waals surface area contributed by atoms with Gasteiger partial charge in [0.15, 0.2) is 5.79 Å². The third-order valence-electron chi connectivity index (χ3n) is 6.00. The fourth-order valence-electron chi connectivity index (χ4n) is 4.31. The molecule has 7 nitrogen and oxygen atoms in total. The van der Waals surface area contributed by atoms with Gasteiger partial charge in [0.2, 0.25) is 0 Å². The van der Waals surface area contributed by atoms with E-state index in [1.165, 1.54) is 0 Å². The summed E-state index contributed by atoms with van der Waals surface area (Å²) in [7, 11) is -3.85. The van der Waals surface area contributed by atoms with Gasteiger partial charge < -0.3 is 18.9 Å². The molecule has 1 fully saturated rings. The molecule has 8 heteroatoms. The van der Waals surface area contributed by atoms with Crippen molar-refractivity contribution in [2.45, 2.75) is 57.3 Å². The summed E-state index contributed by atoms with van der Waals surface area (Å²) < 4.78 is 55.6. The Labute approximate surface area is 219 Å². The van der Waals surface area contributed by atoms with Crippen LogP contribution in [0.2, 0.25) is 0 Å². The lowest BCUT2D eigenvalue weighted by Gasteiger charge is -2.36. The van der Waals surface area contributed by atoms with E-state index in [0.717, 1.165) is 17.4 Å². The van der Waals surface area contributed by atoms with Crippen molar-refractivity contribution in [3.63, 3.8) is 0 Å². The second kappa shape index (κ2) is 12.3. The summed E-state index contributed by atoms with van der Waals surface area (Å²) in [5, 5.41) is 0. The van der Waals surface area contributed by atoms with Crippen LogP contribution >= 0.6 is 0 Å². The Morgan fingerprint density at radius 2 is 1.35 bits per heavy atom. The molecule has 198 valence electrons. The highest BCUT2D eigenvalue weighted by atomic mass is 32.2. The van der Waals surface area contributed by atoms with Gasteiger partial charge >= 0.3 is 0 Å². The predicted octanol–water partition coefficient (Wildman–Crippen LogP) is 5.03. The maximum Gasteiger partial charge on any atom is 0.265 e. The first-order valence-electron chi connectivity index (χ1n) is 12.3. The topological polar surface area (TPSA) is 80.3 Å². The summed E-state index contributed by atoms with van der Waals surface area (Å²) in [6.07, 6.45) is -2.02. The van der Waals surface area contributed by atoms with Crippen LogP contribution in [-0.4, -0.2) is 45.4 Å². The normalized spacial score (nSPS) is 19.8. The van der Waals surface area contributed by atoms with Gasteiger partial charge in [0.25, 0.3) is 10.1 Å². The van der Waals surface area contributed by atoms with E-state index in [2.05, 4.69) is 0 Å². The van der Waals surface area contributed by atoms with Crippen LogP contribution in [0.4, 0.5) is 0 Å². The summed E-state index contributed by atoms with van der Waals surface area (Å²) in [6.45, 7) is 4.44. The van der Waals surface area contributed by atoms with Gasteiger partial charge in [-0.1, -0.05) is 91.0 Å². The van der Waals surface area contributed by atoms with Crippen molar-refractivity contribution in [1.29, 1.82) is 0 Å². The van der Waals surface area contributed by atoms with Crippen molar-refractivity contribution >= 4 is 10.1 Å². The Morgan fingerprint density at radius 1 is 0.838 bits per heavy atom. The molecule has 3 aromatic carbocycles. The molecule has 0 amide bonds. The van der Waals surface area contributed by atoms with E-state index in [1.54, 1.807) is 0 Å². The van der Waals surface area contributed by atoms with Gasteiger partial charge in [0.05, 0.1) is 26.1 Å². The molecule has 0 aromatic heterocycles. The lowest BCUT2D eigenvalue weighted by atomic mass is 9.96. The van der Waals surface area contributed by atoms with Crippen LogP contribution in [0.1, 0.15) is 36.6 Å². The Morgan fingerprint density at radius 3 is 1.84 bits per heavy atom. The number of benzene rings is 3. The summed E-state index contributed by atoms with van der Waals surface area (Å²) in [5.74, 6) is -0.817. The second-order valence-electron chi connectivity index (χ2n) is 9.52. The molecule has 0 N–H and O–H groups in total. The minimum Gasteiger partial charge on any atom is -0.368 e. The molecule has 0 radical (unpaired) electrons. The van der Waals surface area contributed by atoms with E-state index >= 15 is 0 Å². The molecule has 37 heavy (non-hydrogen) atoms. The van der Waals surface area contributed by atoms with E-state index in [1.807, 2.05) is 105 Å². The van der Waals surface area contributed by atoms with Crippen molar-refractivity contribution in [2.75, 3.05) is 12.9 Å². The zero-order chi connectivity index (χ0) is 26.3. The summed E-state index contributed by atoms with van der Waals surface area (Å²) >= 11 is 0. The first-order valence-corrected chi connectivity index (χ1v) is 14.1. The number of rotatable bonds is 12. The molecule has 1 aliphatic heterocycles. The SMILES string of the molecule is CC1(C)OC[C@H]([C@@H](OCc2ccccc2)[C@H](OCc2ccccc2)[C@H](OS(C)(=O)=O)c2ccccc2)O1. The zero-order valence-electron chi connectivity index (χ0n) is 21.4. The zero-order valence-corrected chi connectivity index (χ0v) is 22.2. The van der Waals surface area contributed by atoms with Gasteiger partial charge in [0, 0.05) is 0 Å². The minimum absolute atomic E-state index is 0.226. The summed E-state index contributed by atoms with van der Waals surface area (Å²) in [5.41, 5.74) is 2.55. The maximum absolute atomic E-state index is 12.4. The Kier molecular flexibility index (Phi) is 9.13. The highest BCUT2D eigenvalue weighted by Crippen LogP contribution is 2.35. The highest BCUT2D eigenvalue weighted by Gasteiger charge is 2.46. The fourth-order valence-corrected chi connectivity index (χ4v) is 4.91. The van der Waals surface area contributed by atoms with Crippen molar-refractivity contribution in [2.24, 2.45) is 0 Å². The number of hydrogen-bond acceptors (Lipinski definition) is 7. The van der Waals surface area contributed by atoms with Gasteiger partial charge in [-0.25, -0.2) is 0 Å². The van der Waals surface area contributed by atoms with E-state index in [-0.39, 0.29) is 19.8 Å².